The molecule has 4 aromatic rings. The van der Waals surface area contributed by atoms with Gasteiger partial charge in [-0.05, 0) is 43.2 Å². The fraction of sp³-hybridized carbons (Fsp3) is 0.250. The Balaban J connectivity index is 1.79. The van der Waals surface area contributed by atoms with Gasteiger partial charge in [0, 0.05) is 17.3 Å². The maximum atomic E-state index is 13.0. The summed E-state index contributed by atoms with van der Waals surface area (Å²) in [6.07, 6.45) is 0.884. The number of nitrogens with one attached hydrogen (secondary N) is 3. The number of aromatic hydroxyl groups is 1. The van der Waals surface area contributed by atoms with Crippen LogP contribution in [0.2, 0.25) is 0 Å². The summed E-state index contributed by atoms with van der Waals surface area (Å²) in [4.78, 5) is 32.8. The first kappa shape index (κ1) is 19.4. The molecular formula is C24H25N4O3+. The van der Waals surface area contributed by atoms with E-state index in [1.54, 1.807) is 6.07 Å². The lowest BCUT2D eigenvalue weighted by atomic mass is 9.93. The van der Waals surface area contributed by atoms with Gasteiger partial charge in [-0.25, -0.2) is 9.36 Å². The lowest BCUT2D eigenvalue weighted by Crippen LogP contribution is -3.13. The van der Waals surface area contributed by atoms with Crippen LogP contribution in [0.15, 0.2) is 58.1 Å². The van der Waals surface area contributed by atoms with Crippen LogP contribution in [0.3, 0.4) is 0 Å². The molecule has 0 radical (unpaired) electrons. The molecule has 1 aliphatic rings. The summed E-state index contributed by atoms with van der Waals surface area (Å²) >= 11 is 0. The number of H-pyrrole nitrogens is 2. The molecule has 0 fully saturated rings. The van der Waals surface area contributed by atoms with E-state index in [9.17, 15) is 14.7 Å². The van der Waals surface area contributed by atoms with Crippen LogP contribution >= 0.6 is 0 Å². The van der Waals surface area contributed by atoms with Crippen molar-refractivity contribution in [3.8, 4) is 11.6 Å². The van der Waals surface area contributed by atoms with Crippen LogP contribution in [-0.4, -0.2) is 32.7 Å². The minimum absolute atomic E-state index is 0.213. The standard InChI is InChI=1S/C24H24N4O3/c1-3-27-12-11-17-16-9-4-5-10-18(16)25-20(17)21(27)19-22(29)26-24(31)28(23(19)30)15-8-6-7-14(2)13-15/h4-10,13,21,25,30H,3,11-12H2,1-2H3,(H,26,29,31)/p+1/t21-/m1/s1. The zero-order valence-corrected chi connectivity index (χ0v) is 17.5. The Kier molecular flexibility index (Phi) is 4.55. The number of fused-ring (bicyclic) bond motifs is 3. The maximum absolute atomic E-state index is 13.0. The Labute approximate surface area is 178 Å². The van der Waals surface area contributed by atoms with E-state index in [1.165, 1.54) is 10.1 Å². The van der Waals surface area contributed by atoms with Gasteiger partial charge in [0.15, 0.2) is 6.04 Å². The van der Waals surface area contributed by atoms with E-state index >= 15 is 0 Å². The van der Waals surface area contributed by atoms with Gasteiger partial charge in [-0.15, -0.1) is 0 Å². The van der Waals surface area contributed by atoms with E-state index in [4.69, 9.17) is 0 Å². The average Bonchev–Trinajstić information content (AvgIpc) is 3.12. The topological polar surface area (TPSA) is 95.3 Å². The van der Waals surface area contributed by atoms with Crippen LogP contribution in [-0.2, 0) is 6.42 Å². The molecule has 1 unspecified atom stereocenters. The molecule has 0 amide bonds. The van der Waals surface area contributed by atoms with Gasteiger partial charge in [0.25, 0.3) is 5.56 Å². The van der Waals surface area contributed by atoms with Crippen LogP contribution in [0.4, 0.5) is 0 Å². The largest absolute Gasteiger partial charge is 0.494 e. The summed E-state index contributed by atoms with van der Waals surface area (Å²) in [5, 5.41) is 12.4. The van der Waals surface area contributed by atoms with Crippen molar-refractivity contribution in [2.45, 2.75) is 26.3 Å². The number of nitrogens with zero attached hydrogens (tertiary/aromatic N) is 1. The number of aromatic nitrogens is 3. The highest BCUT2D eigenvalue weighted by molar-refractivity contribution is 5.85. The SMILES string of the molecule is CC[NH+]1CCc2c([nH]c3ccccc23)[C@H]1c1c(O)n(-c2cccc(C)c2)c(=O)[nH]c1=O. The number of hydrogen-bond donors (Lipinski definition) is 4. The van der Waals surface area contributed by atoms with Crippen molar-refractivity contribution in [1.82, 2.24) is 14.5 Å². The molecule has 1 aliphatic heterocycles. The third-order valence-corrected chi connectivity index (χ3v) is 6.36. The van der Waals surface area contributed by atoms with E-state index in [0.717, 1.165) is 46.6 Å². The first-order valence-electron chi connectivity index (χ1n) is 10.6. The minimum atomic E-state index is -0.650. The molecule has 0 saturated heterocycles. The van der Waals surface area contributed by atoms with Crippen molar-refractivity contribution in [3.05, 3.63) is 91.8 Å². The monoisotopic (exact) mass is 417 g/mol. The summed E-state index contributed by atoms with van der Waals surface area (Å²) in [5.74, 6) is -0.304. The van der Waals surface area contributed by atoms with E-state index in [0.29, 0.717) is 5.69 Å². The maximum Gasteiger partial charge on any atom is 0.335 e. The molecule has 0 saturated carbocycles. The number of para-hydroxylation sites is 1. The highest BCUT2D eigenvalue weighted by Gasteiger charge is 2.39. The Morgan fingerprint density at radius 1 is 1.13 bits per heavy atom. The van der Waals surface area contributed by atoms with Crippen molar-refractivity contribution in [3.63, 3.8) is 0 Å². The van der Waals surface area contributed by atoms with Gasteiger partial charge in [0.2, 0.25) is 5.88 Å². The summed E-state index contributed by atoms with van der Waals surface area (Å²) in [6.45, 7) is 5.59. The molecule has 0 bridgehead atoms. The van der Waals surface area contributed by atoms with Gasteiger partial charge < -0.3 is 15.0 Å². The highest BCUT2D eigenvalue weighted by Crippen LogP contribution is 2.33. The van der Waals surface area contributed by atoms with Crippen LogP contribution in [0, 0.1) is 6.92 Å². The molecule has 2 aromatic carbocycles. The van der Waals surface area contributed by atoms with Gasteiger partial charge in [-0.3, -0.25) is 9.78 Å². The molecular weight excluding hydrogens is 392 g/mol. The van der Waals surface area contributed by atoms with Gasteiger partial charge in [-0.1, -0.05) is 30.3 Å². The number of hydrogen-bond acceptors (Lipinski definition) is 3. The van der Waals surface area contributed by atoms with E-state index in [-0.39, 0.29) is 11.4 Å². The van der Waals surface area contributed by atoms with E-state index < -0.39 is 17.3 Å². The van der Waals surface area contributed by atoms with Crippen LogP contribution in [0.5, 0.6) is 5.88 Å². The first-order valence-corrected chi connectivity index (χ1v) is 10.6. The van der Waals surface area contributed by atoms with E-state index in [2.05, 4.69) is 23.0 Å². The third kappa shape index (κ3) is 3.00. The van der Waals surface area contributed by atoms with Gasteiger partial charge in [0.05, 0.1) is 24.5 Å². The molecule has 0 aliphatic carbocycles. The number of quaternary nitrogens is 1. The molecule has 2 atom stereocenters. The summed E-state index contributed by atoms with van der Waals surface area (Å²) in [7, 11) is 0. The number of aryl methyl sites for hydroxylation is 1. The predicted molar refractivity (Wildman–Crippen MR) is 119 cm³/mol. The van der Waals surface area contributed by atoms with Gasteiger partial charge in [0.1, 0.15) is 5.56 Å². The highest BCUT2D eigenvalue weighted by atomic mass is 16.3. The van der Waals surface area contributed by atoms with Crippen molar-refractivity contribution < 1.29 is 10.0 Å². The molecule has 4 N–H and O–H groups in total. The molecule has 5 rings (SSSR count). The lowest BCUT2D eigenvalue weighted by molar-refractivity contribution is -0.926. The summed E-state index contributed by atoms with van der Waals surface area (Å²) in [5.41, 5.74) is 3.60. The molecule has 158 valence electrons. The Morgan fingerprint density at radius 3 is 2.71 bits per heavy atom. The Hall–Kier alpha value is -3.58. The zero-order valence-electron chi connectivity index (χ0n) is 17.5. The average molecular weight is 417 g/mol. The molecule has 7 nitrogen and oxygen atoms in total. The lowest BCUT2D eigenvalue weighted by Gasteiger charge is -2.32. The predicted octanol–water partition coefficient (Wildman–Crippen LogP) is 1.57. The van der Waals surface area contributed by atoms with Crippen molar-refractivity contribution in [2.75, 3.05) is 13.1 Å². The number of rotatable bonds is 3. The molecule has 0 spiro atoms. The van der Waals surface area contributed by atoms with Gasteiger partial charge in [-0.2, -0.15) is 0 Å². The van der Waals surface area contributed by atoms with Gasteiger partial charge >= 0.3 is 5.69 Å². The third-order valence-electron chi connectivity index (χ3n) is 6.36. The minimum Gasteiger partial charge on any atom is -0.494 e. The smallest absolute Gasteiger partial charge is 0.335 e. The number of likely N-dealkylation sites (N-methyl/N-ethyl adjacent to an activating group) is 1. The number of benzene rings is 2. The van der Waals surface area contributed by atoms with E-state index in [1.807, 2.05) is 43.3 Å². The summed E-state index contributed by atoms with van der Waals surface area (Å²) < 4.78 is 1.19. The Morgan fingerprint density at radius 2 is 1.94 bits per heavy atom. The fourth-order valence-electron chi connectivity index (χ4n) is 4.91. The fourth-order valence-corrected chi connectivity index (χ4v) is 4.91. The molecule has 3 heterocycles. The molecule has 31 heavy (non-hydrogen) atoms. The molecule has 7 heteroatoms. The first-order chi connectivity index (χ1) is 15.0. The van der Waals surface area contributed by atoms with Crippen molar-refractivity contribution in [2.24, 2.45) is 0 Å². The second-order valence-corrected chi connectivity index (χ2v) is 8.18. The second kappa shape index (κ2) is 7.28. The Bertz CT molecular complexity index is 1410. The van der Waals surface area contributed by atoms with Crippen molar-refractivity contribution in [1.29, 1.82) is 0 Å². The second-order valence-electron chi connectivity index (χ2n) is 8.18. The molecule has 2 aromatic heterocycles. The normalized spacial score (nSPS) is 18.3. The zero-order chi connectivity index (χ0) is 21.7. The van der Waals surface area contributed by atoms with Crippen LogP contribution < -0.4 is 16.1 Å². The summed E-state index contributed by atoms with van der Waals surface area (Å²) in [6, 6.07) is 15.0. The van der Waals surface area contributed by atoms with Crippen LogP contribution in [0.1, 0.15) is 35.3 Å². The van der Waals surface area contributed by atoms with Crippen molar-refractivity contribution >= 4 is 10.9 Å². The van der Waals surface area contributed by atoms with Crippen LogP contribution in [0.25, 0.3) is 16.6 Å². The number of aromatic amines is 2. The quantitative estimate of drug-likeness (QED) is 0.408.